The number of nitro benzene ring substituents is 1. The van der Waals surface area contributed by atoms with Crippen molar-refractivity contribution in [3.8, 4) is 5.75 Å². The number of amides is 2. The molecule has 15 nitrogen and oxygen atoms in total. The molecular formula is C31H43N9O6. The Morgan fingerprint density at radius 1 is 0.957 bits per heavy atom. The lowest BCUT2D eigenvalue weighted by Crippen LogP contribution is -2.43. The second-order valence-corrected chi connectivity index (χ2v) is 13.2. The van der Waals surface area contributed by atoms with Crippen LogP contribution in [0.4, 0.5) is 27.0 Å². The number of fused-ring (bicyclic) bond motifs is 1. The minimum atomic E-state index is -0.535. The van der Waals surface area contributed by atoms with Crippen molar-refractivity contribution in [3.05, 3.63) is 40.7 Å². The molecule has 0 bridgehead atoms. The summed E-state index contributed by atoms with van der Waals surface area (Å²) in [5.41, 5.74) is 0.818. The van der Waals surface area contributed by atoms with Crippen LogP contribution in [0.5, 0.6) is 5.75 Å². The Labute approximate surface area is 267 Å². The number of hydrogen-bond acceptors (Lipinski definition) is 11. The zero-order valence-corrected chi connectivity index (χ0v) is 27.0. The standard InChI is InChI=1S/C31H43N9O6/c1-19(2)39-18-32-25-26(33-22-14-16-38(17-15-22)30(42)45-24-12-10-23(11-13-24)40(43)44)36-28(37-27(25)39)34-20-6-8-21(9-7-20)35-29(41)46-31(3,4)5/h10-13,18-22H,6-9,14-17H2,1-5H3,(H,35,41)(H2,33,34,36,37). The van der Waals surface area contributed by atoms with E-state index < -0.39 is 16.6 Å². The average molecular weight is 638 g/mol. The van der Waals surface area contributed by atoms with Crippen LogP contribution in [-0.2, 0) is 4.74 Å². The van der Waals surface area contributed by atoms with Gasteiger partial charge in [-0.05, 0) is 85.3 Å². The van der Waals surface area contributed by atoms with Gasteiger partial charge in [-0.2, -0.15) is 9.97 Å². The summed E-state index contributed by atoms with van der Waals surface area (Å²) in [6, 6.07) is 5.86. The van der Waals surface area contributed by atoms with Crippen LogP contribution in [0.2, 0.25) is 0 Å². The number of likely N-dealkylation sites (tertiary alicyclic amines) is 1. The fourth-order valence-electron chi connectivity index (χ4n) is 5.70. The highest BCUT2D eigenvalue weighted by atomic mass is 16.6. The van der Waals surface area contributed by atoms with Crippen LogP contribution < -0.4 is 20.7 Å². The molecule has 0 unspecified atom stereocenters. The van der Waals surface area contributed by atoms with E-state index in [0.717, 1.165) is 31.3 Å². The second-order valence-electron chi connectivity index (χ2n) is 13.2. The van der Waals surface area contributed by atoms with Gasteiger partial charge in [-0.15, -0.1) is 0 Å². The number of non-ortho nitro benzene ring substituents is 1. The van der Waals surface area contributed by atoms with E-state index in [9.17, 15) is 19.7 Å². The molecule has 2 aliphatic rings. The Morgan fingerprint density at radius 2 is 1.59 bits per heavy atom. The predicted octanol–water partition coefficient (Wildman–Crippen LogP) is 5.64. The molecule has 0 radical (unpaired) electrons. The Bertz CT molecular complexity index is 1540. The van der Waals surface area contributed by atoms with Crippen LogP contribution >= 0.6 is 0 Å². The lowest BCUT2D eigenvalue weighted by Gasteiger charge is -2.32. The average Bonchev–Trinajstić information content (AvgIpc) is 3.43. The monoisotopic (exact) mass is 637 g/mol. The van der Waals surface area contributed by atoms with Gasteiger partial charge in [0.2, 0.25) is 5.95 Å². The fourth-order valence-corrected chi connectivity index (χ4v) is 5.70. The van der Waals surface area contributed by atoms with Crippen molar-refractivity contribution < 1.29 is 24.0 Å². The first-order valence-corrected chi connectivity index (χ1v) is 15.8. The molecular weight excluding hydrogens is 594 g/mol. The van der Waals surface area contributed by atoms with Crippen molar-refractivity contribution in [2.24, 2.45) is 0 Å². The summed E-state index contributed by atoms with van der Waals surface area (Å²) in [5, 5.41) is 20.9. The van der Waals surface area contributed by atoms with Crippen LogP contribution in [0.15, 0.2) is 30.6 Å². The number of imidazole rings is 1. The molecule has 1 saturated heterocycles. The highest BCUT2D eigenvalue weighted by molar-refractivity contribution is 5.84. The summed E-state index contributed by atoms with van der Waals surface area (Å²) in [6.07, 6.45) is 5.58. The zero-order chi connectivity index (χ0) is 33.0. The number of anilines is 2. The van der Waals surface area contributed by atoms with Crippen LogP contribution in [0.1, 0.15) is 79.2 Å². The summed E-state index contributed by atoms with van der Waals surface area (Å²) in [7, 11) is 0. The normalized spacial score (nSPS) is 19.1. The van der Waals surface area contributed by atoms with E-state index in [2.05, 4.69) is 34.8 Å². The lowest BCUT2D eigenvalue weighted by atomic mass is 9.91. The molecule has 3 heterocycles. The Hall–Kier alpha value is -4.69. The third-order valence-electron chi connectivity index (χ3n) is 8.11. The molecule has 0 spiro atoms. The second kappa shape index (κ2) is 13.7. The molecule has 248 valence electrons. The molecule has 1 saturated carbocycles. The van der Waals surface area contributed by atoms with E-state index in [1.807, 2.05) is 25.3 Å². The van der Waals surface area contributed by atoms with Gasteiger partial charge in [-0.3, -0.25) is 10.1 Å². The van der Waals surface area contributed by atoms with E-state index in [1.54, 1.807) is 11.2 Å². The molecule has 15 heteroatoms. The van der Waals surface area contributed by atoms with E-state index in [4.69, 9.17) is 19.4 Å². The molecule has 1 aliphatic heterocycles. The van der Waals surface area contributed by atoms with Gasteiger partial charge in [0.15, 0.2) is 17.0 Å². The molecule has 1 aliphatic carbocycles. The van der Waals surface area contributed by atoms with Crippen LogP contribution in [-0.4, -0.2) is 78.3 Å². The first-order chi connectivity index (χ1) is 21.8. The number of aromatic nitrogens is 4. The largest absolute Gasteiger partial charge is 0.444 e. The highest BCUT2D eigenvalue weighted by Gasteiger charge is 2.28. The van der Waals surface area contributed by atoms with Crippen LogP contribution in [0.25, 0.3) is 11.2 Å². The fraction of sp³-hybridized carbons (Fsp3) is 0.581. The van der Waals surface area contributed by atoms with Gasteiger partial charge in [0.1, 0.15) is 11.4 Å². The first-order valence-electron chi connectivity index (χ1n) is 15.8. The summed E-state index contributed by atoms with van der Waals surface area (Å²) in [6.45, 7) is 10.7. The third kappa shape index (κ3) is 8.31. The number of nitrogens with one attached hydrogen (secondary N) is 3. The number of benzene rings is 1. The number of piperidine rings is 1. The van der Waals surface area contributed by atoms with Gasteiger partial charge < -0.3 is 34.9 Å². The van der Waals surface area contributed by atoms with Crippen molar-refractivity contribution in [2.75, 3.05) is 23.7 Å². The summed E-state index contributed by atoms with van der Waals surface area (Å²) < 4.78 is 12.9. The van der Waals surface area contributed by atoms with E-state index in [0.29, 0.717) is 43.2 Å². The van der Waals surface area contributed by atoms with E-state index >= 15 is 0 Å². The summed E-state index contributed by atoms with van der Waals surface area (Å²) in [5.74, 6) is 1.41. The number of alkyl carbamates (subject to hydrolysis) is 1. The van der Waals surface area contributed by atoms with Gasteiger partial charge in [-0.1, -0.05) is 0 Å². The molecule has 3 aromatic rings. The van der Waals surface area contributed by atoms with Gasteiger partial charge in [0.25, 0.3) is 5.69 Å². The number of hydrogen-bond donors (Lipinski definition) is 3. The minimum Gasteiger partial charge on any atom is -0.444 e. The molecule has 3 N–H and O–H groups in total. The predicted molar refractivity (Wildman–Crippen MR) is 172 cm³/mol. The SMILES string of the molecule is CC(C)n1cnc2c(NC3CCN(C(=O)Oc4ccc([N+](=O)[O-])cc4)CC3)nc(NC3CCC(NC(=O)OC(C)(C)C)CC3)nc21. The molecule has 2 amide bonds. The Kier molecular flexibility index (Phi) is 9.77. The van der Waals surface area contributed by atoms with Crippen molar-refractivity contribution >= 4 is 40.8 Å². The molecule has 1 aromatic carbocycles. The maximum Gasteiger partial charge on any atom is 0.415 e. The number of rotatable bonds is 8. The number of nitro groups is 1. The van der Waals surface area contributed by atoms with Crippen LogP contribution in [0, 0.1) is 10.1 Å². The number of ether oxygens (including phenoxy) is 2. The van der Waals surface area contributed by atoms with Gasteiger partial charge in [0.05, 0.1) is 11.3 Å². The van der Waals surface area contributed by atoms with Crippen molar-refractivity contribution in [2.45, 2.75) is 103 Å². The van der Waals surface area contributed by atoms with E-state index in [-0.39, 0.29) is 41.7 Å². The van der Waals surface area contributed by atoms with Gasteiger partial charge in [0, 0.05) is 49.4 Å². The molecule has 0 atom stereocenters. The quantitative estimate of drug-likeness (QED) is 0.206. The maximum atomic E-state index is 12.7. The summed E-state index contributed by atoms with van der Waals surface area (Å²) >= 11 is 0. The Balaban J connectivity index is 1.19. The van der Waals surface area contributed by atoms with Crippen molar-refractivity contribution in [1.82, 2.24) is 29.7 Å². The molecule has 2 fully saturated rings. The van der Waals surface area contributed by atoms with Crippen molar-refractivity contribution in [3.63, 3.8) is 0 Å². The number of nitrogens with zero attached hydrogens (tertiary/aromatic N) is 6. The first kappa shape index (κ1) is 32.7. The van der Waals surface area contributed by atoms with Gasteiger partial charge >= 0.3 is 12.2 Å². The maximum absolute atomic E-state index is 12.7. The topological polar surface area (TPSA) is 179 Å². The Morgan fingerprint density at radius 3 is 2.20 bits per heavy atom. The lowest BCUT2D eigenvalue weighted by molar-refractivity contribution is -0.384. The number of carbonyl (C=O) groups excluding carboxylic acids is 2. The highest BCUT2D eigenvalue weighted by Crippen LogP contribution is 2.28. The van der Waals surface area contributed by atoms with Crippen molar-refractivity contribution in [1.29, 1.82) is 0 Å². The third-order valence-corrected chi connectivity index (χ3v) is 8.11. The van der Waals surface area contributed by atoms with Crippen LogP contribution in [0.3, 0.4) is 0 Å². The summed E-state index contributed by atoms with van der Waals surface area (Å²) in [4.78, 5) is 51.3. The van der Waals surface area contributed by atoms with Gasteiger partial charge in [-0.25, -0.2) is 14.6 Å². The molecule has 5 rings (SSSR count). The molecule has 2 aromatic heterocycles. The van der Waals surface area contributed by atoms with E-state index in [1.165, 1.54) is 24.3 Å². The minimum absolute atomic E-state index is 0.0490. The number of carbonyl (C=O) groups is 2. The smallest absolute Gasteiger partial charge is 0.415 e. The molecule has 46 heavy (non-hydrogen) atoms. The zero-order valence-electron chi connectivity index (χ0n) is 27.0.